The van der Waals surface area contributed by atoms with Crippen LogP contribution in [0.1, 0.15) is 11.6 Å². The summed E-state index contributed by atoms with van der Waals surface area (Å²) in [6.45, 7) is 0. The molecule has 9 heteroatoms. The van der Waals surface area contributed by atoms with Crippen molar-refractivity contribution in [3.05, 3.63) is 41.0 Å². The average molecular weight is 313 g/mol. The van der Waals surface area contributed by atoms with E-state index in [2.05, 4.69) is 20.2 Å². The Labute approximate surface area is 122 Å². The van der Waals surface area contributed by atoms with E-state index in [-0.39, 0.29) is 5.02 Å². The number of aromatic nitrogens is 2. The van der Waals surface area contributed by atoms with Gasteiger partial charge in [-0.05, 0) is 6.07 Å². The molecule has 0 spiro atoms. The van der Waals surface area contributed by atoms with Crippen molar-refractivity contribution < 1.29 is 14.7 Å². The van der Waals surface area contributed by atoms with Crippen LogP contribution in [0.3, 0.4) is 0 Å². The third-order valence-corrected chi connectivity index (χ3v) is 3.26. The van der Waals surface area contributed by atoms with Gasteiger partial charge in [-0.2, -0.15) is 0 Å². The minimum absolute atomic E-state index is 0.264. The first-order valence-corrected chi connectivity index (χ1v) is 6.55. The summed E-state index contributed by atoms with van der Waals surface area (Å²) in [5.41, 5.74) is 0.305. The lowest BCUT2D eigenvalue weighted by Gasteiger charge is -2.16. The van der Waals surface area contributed by atoms with Crippen molar-refractivity contribution >= 4 is 40.1 Å². The van der Waals surface area contributed by atoms with Crippen LogP contribution in [0.15, 0.2) is 30.5 Å². The minimum Gasteiger partial charge on any atom is -0.479 e. The molecule has 1 aromatic heterocycles. The minimum atomic E-state index is -1.25. The molecule has 1 heterocycles. The first-order chi connectivity index (χ1) is 9.58. The van der Waals surface area contributed by atoms with E-state index in [1.807, 2.05) is 0 Å². The predicted molar refractivity (Wildman–Crippen MR) is 73.9 cm³/mol. The van der Waals surface area contributed by atoms with Gasteiger partial charge in [0.1, 0.15) is 5.00 Å². The maximum Gasteiger partial charge on any atom is 0.331 e. The fourth-order valence-electron chi connectivity index (χ4n) is 1.48. The smallest absolute Gasteiger partial charge is 0.331 e. The van der Waals surface area contributed by atoms with Crippen LogP contribution in [0.25, 0.3) is 0 Å². The Morgan fingerprint density at radius 3 is 2.70 bits per heavy atom. The van der Waals surface area contributed by atoms with Crippen molar-refractivity contribution in [2.75, 3.05) is 5.32 Å². The Kier molecular flexibility index (Phi) is 4.49. The monoisotopic (exact) mass is 312 g/mol. The zero-order chi connectivity index (χ0) is 14.5. The average Bonchev–Trinajstić information content (AvgIpc) is 2.89. The van der Waals surface area contributed by atoms with Gasteiger partial charge in [-0.15, -0.1) is 5.10 Å². The Balaban J connectivity index is 2.12. The van der Waals surface area contributed by atoms with Gasteiger partial charge in [0, 0.05) is 22.1 Å². The summed E-state index contributed by atoms with van der Waals surface area (Å²) in [7, 11) is 0. The molecule has 0 aliphatic carbocycles. The summed E-state index contributed by atoms with van der Waals surface area (Å²) < 4.78 is 3.57. The van der Waals surface area contributed by atoms with E-state index in [4.69, 9.17) is 11.6 Å². The summed E-state index contributed by atoms with van der Waals surface area (Å²) in [5.74, 6) is -1.21. The topological polar surface area (TPSA) is 104 Å². The molecule has 104 valence electrons. The molecule has 0 unspecified atom stereocenters. The number of anilines is 1. The van der Waals surface area contributed by atoms with E-state index in [1.54, 1.807) is 18.2 Å². The highest BCUT2D eigenvalue weighted by atomic mass is 35.5. The third-order valence-electron chi connectivity index (χ3n) is 2.34. The van der Waals surface area contributed by atoms with Crippen LogP contribution in [-0.2, 0) is 4.79 Å². The molecular weight excluding hydrogens is 304 g/mol. The van der Waals surface area contributed by atoms with Gasteiger partial charge in [0.05, 0.1) is 6.20 Å². The maximum absolute atomic E-state index is 11.7. The number of nitrogens with zero attached hydrogens (tertiary/aromatic N) is 2. The largest absolute Gasteiger partial charge is 0.479 e. The summed E-state index contributed by atoms with van der Waals surface area (Å²) in [5, 5.41) is 18.2. The molecule has 2 rings (SSSR count). The lowest BCUT2D eigenvalue weighted by molar-refractivity contribution is -0.139. The predicted octanol–water partition coefficient (Wildman–Crippen LogP) is 2.14. The number of halogens is 1. The second kappa shape index (κ2) is 6.31. The first kappa shape index (κ1) is 14.2. The van der Waals surface area contributed by atoms with Crippen LogP contribution in [0, 0.1) is 0 Å². The number of carboxylic acids is 1. The zero-order valence-corrected chi connectivity index (χ0v) is 11.5. The number of carboxylic acid groups (broad SMARTS) is 1. The van der Waals surface area contributed by atoms with Gasteiger partial charge >= 0.3 is 12.0 Å². The molecule has 0 fully saturated rings. The Hall–Kier alpha value is -2.19. The van der Waals surface area contributed by atoms with Gasteiger partial charge in [-0.3, -0.25) is 5.32 Å². The Morgan fingerprint density at radius 1 is 1.35 bits per heavy atom. The zero-order valence-electron chi connectivity index (χ0n) is 9.91. The van der Waals surface area contributed by atoms with Crippen molar-refractivity contribution in [1.82, 2.24) is 14.9 Å². The molecule has 2 amide bonds. The van der Waals surface area contributed by atoms with Gasteiger partial charge in [0.15, 0.2) is 6.04 Å². The summed E-state index contributed by atoms with van der Waals surface area (Å²) in [6.07, 6.45) is 1.36. The molecule has 1 atom stereocenters. The molecule has 2 aromatic rings. The number of amides is 2. The van der Waals surface area contributed by atoms with Crippen LogP contribution in [0.5, 0.6) is 0 Å². The van der Waals surface area contributed by atoms with Crippen LogP contribution >= 0.6 is 23.1 Å². The van der Waals surface area contributed by atoms with Crippen molar-refractivity contribution in [2.24, 2.45) is 0 Å². The van der Waals surface area contributed by atoms with Crippen molar-refractivity contribution in [3.8, 4) is 0 Å². The number of nitrogens with one attached hydrogen (secondary N) is 2. The summed E-state index contributed by atoms with van der Waals surface area (Å²) in [6, 6.07) is 4.49. The van der Waals surface area contributed by atoms with E-state index in [1.165, 1.54) is 12.3 Å². The second-order valence-corrected chi connectivity index (χ2v) is 4.87. The highest BCUT2D eigenvalue weighted by Gasteiger charge is 2.24. The fourth-order valence-corrected chi connectivity index (χ4v) is 2.14. The van der Waals surface area contributed by atoms with Crippen molar-refractivity contribution in [1.29, 1.82) is 0 Å². The summed E-state index contributed by atoms with van der Waals surface area (Å²) >= 11 is 6.92. The molecule has 0 saturated heterocycles. The lowest BCUT2D eigenvalue weighted by Crippen LogP contribution is -2.36. The molecule has 0 aliphatic rings. The van der Waals surface area contributed by atoms with E-state index in [0.717, 1.165) is 11.5 Å². The molecule has 0 bridgehead atoms. The van der Waals surface area contributed by atoms with Gasteiger partial charge in [0.25, 0.3) is 0 Å². The maximum atomic E-state index is 11.7. The quantitative estimate of drug-likeness (QED) is 0.802. The number of carbonyl (C=O) groups excluding carboxylic acids is 1. The fraction of sp³-hybridized carbons (Fsp3) is 0.0909. The van der Waals surface area contributed by atoms with E-state index >= 15 is 0 Å². The molecular formula is C11H9ClN4O3S. The van der Waals surface area contributed by atoms with Gasteiger partial charge in [-0.1, -0.05) is 34.3 Å². The standard InChI is InChI=1S/C11H9ClN4O3S/c12-7-4-2-1-3-6(7)9(10(17)18)15-11(19)14-8-5-13-16-20-8/h1-5,9H,(H,17,18)(H2,14,15,19)/t9-/m1/s1. The van der Waals surface area contributed by atoms with Crippen LogP contribution in [-0.4, -0.2) is 26.7 Å². The number of benzene rings is 1. The van der Waals surface area contributed by atoms with Gasteiger partial charge in [0.2, 0.25) is 0 Å². The highest BCUT2D eigenvalue weighted by Crippen LogP contribution is 2.23. The van der Waals surface area contributed by atoms with Crippen LogP contribution in [0.2, 0.25) is 5.02 Å². The number of hydrogen-bond acceptors (Lipinski definition) is 5. The SMILES string of the molecule is O=C(Nc1cnns1)N[C@@H](C(=O)O)c1ccccc1Cl. The van der Waals surface area contributed by atoms with Crippen molar-refractivity contribution in [3.63, 3.8) is 0 Å². The molecule has 1 aromatic carbocycles. The Morgan fingerprint density at radius 2 is 2.10 bits per heavy atom. The molecule has 20 heavy (non-hydrogen) atoms. The number of urea groups is 1. The second-order valence-electron chi connectivity index (χ2n) is 3.67. The molecule has 0 saturated carbocycles. The Bertz CT molecular complexity index is 620. The lowest BCUT2D eigenvalue weighted by atomic mass is 10.1. The molecule has 3 N–H and O–H groups in total. The summed E-state index contributed by atoms with van der Waals surface area (Å²) in [4.78, 5) is 23.0. The third kappa shape index (κ3) is 3.43. The van der Waals surface area contributed by atoms with Gasteiger partial charge < -0.3 is 10.4 Å². The molecule has 0 radical (unpaired) electrons. The van der Waals surface area contributed by atoms with E-state index in [9.17, 15) is 14.7 Å². The molecule has 7 nitrogen and oxygen atoms in total. The number of carbonyl (C=O) groups is 2. The van der Waals surface area contributed by atoms with E-state index in [0.29, 0.717) is 10.6 Å². The normalized spacial score (nSPS) is 11.7. The van der Waals surface area contributed by atoms with Crippen LogP contribution in [0.4, 0.5) is 9.80 Å². The first-order valence-electron chi connectivity index (χ1n) is 5.40. The number of rotatable bonds is 4. The van der Waals surface area contributed by atoms with Crippen LogP contribution < -0.4 is 10.6 Å². The number of hydrogen-bond donors (Lipinski definition) is 3. The van der Waals surface area contributed by atoms with Gasteiger partial charge in [-0.25, -0.2) is 9.59 Å². The van der Waals surface area contributed by atoms with E-state index < -0.39 is 18.0 Å². The van der Waals surface area contributed by atoms with Crippen molar-refractivity contribution in [2.45, 2.75) is 6.04 Å². The highest BCUT2D eigenvalue weighted by molar-refractivity contribution is 7.10. The number of aliphatic carboxylic acids is 1. The molecule has 0 aliphatic heterocycles.